The third kappa shape index (κ3) is 4.58. The van der Waals surface area contributed by atoms with Gasteiger partial charge in [-0.05, 0) is 105 Å². The molecule has 0 saturated carbocycles. The fourth-order valence-electron chi connectivity index (χ4n) is 5.90. The summed E-state index contributed by atoms with van der Waals surface area (Å²) in [6.07, 6.45) is 4.15. The Kier molecular flexibility index (Phi) is 6.44. The van der Waals surface area contributed by atoms with Gasteiger partial charge >= 0.3 is 0 Å². The van der Waals surface area contributed by atoms with Gasteiger partial charge in [-0.3, -0.25) is 0 Å². The number of nitriles is 1. The van der Waals surface area contributed by atoms with E-state index in [1.165, 1.54) is 0 Å². The first-order valence-corrected chi connectivity index (χ1v) is 14.0. The van der Waals surface area contributed by atoms with Gasteiger partial charge in [-0.2, -0.15) is 5.26 Å². The van der Waals surface area contributed by atoms with Crippen LogP contribution in [0.5, 0.6) is 5.75 Å². The molecule has 7 aromatic carbocycles. The van der Waals surface area contributed by atoms with E-state index in [2.05, 4.69) is 88.6 Å². The van der Waals surface area contributed by atoms with Crippen LogP contribution in [0.15, 0.2) is 121 Å². The van der Waals surface area contributed by atoms with Gasteiger partial charge < -0.3 is 9.64 Å². The molecule has 4 heteroatoms. The smallest absolute Gasteiger partial charge is 0.195 e. The Hall–Kier alpha value is -6.10. The summed E-state index contributed by atoms with van der Waals surface area (Å²) in [4.78, 5) is 6.07. The quantitative estimate of drug-likeness (QED) is 0.117. The zero-order chi connectivity index (χ0) is 29.3. The lowest BCUT2D eigenvalue weighted by Gasteiger charge is -2.25. The summed E-state index contributed by atoms with van der Waals surface area (Å²) in [5, 5.41) is 15.8. The van der Waals surface area contributed by atoms with E-state index in [9.17, 15) is 5.26 Å². The van der Waals surface area contributed by atoms with E-state index < -0.39 is 0 Å². The molecule has 0 spiro atoms. The highest BCUT2D eigenvalue weighted by atomic mass is 16.5. The minimum atomic E-state index is 0.619. The largest absolute Gasteiger partial charge is 0.497 e. The molecule has 7 aromatic rings. The van der Waals surface area contributed by atoms with Crippen molar-refractivity contribution in [1.29, 1.82) is 5.26 Å². The maximum Gasteiger partial charge on any atom is 0.195 e. The van der Waals surface area contributed by atoms with E-state index in [0.29, 0.717) is 11.3 Å². The third-order valence-electron chi connectivity index (χ3n) is 7.90. The van der Waals surface area contributed by atoms with E-state index in [1.807, 2.05) is 60.7 Å². The Labute approximate surface area is 250 Å². The van der Waals surface area contributed by atoms with Crippen LogP contribution in [0, 0.1) is 17.9 Å². The number of benzene rings is 7. The van der Waals surface area contributed by atoms with Gasteiger partial charge in [0.1, 0.15) is 5.75 Å². The van der Waals surface area contributed by atoms with Crippen LogP contribution < -0.4 is 9.64 Å². The number of nitrogens with zero attached hydrogens (tertiary/aromatic N) is 3. The molecule has 0 aliphatic rings. The molecule has 0 heterocycles. The zero-order valence-electron chi connectivity index (χ0n) is 23.5. The topological polar surface area (TPSA) is 40.6 Å². The molecule has 0 atom stereocenters. The Morgan fingerprint density at radius 3 is 2.05 bits per heavy atom. The SMILES string of the molecule is [C-]#[N+]c1cc2cccc3c(C#N)cc4cc(C=Cc5ccc(N(c6ccccc6)c6ccc(OC)cc6)cc5)cc1c4c23. The predicted molar refractivity (Wildman–Crippen MR) is 178 cm³/mol. The van der Waals surface area contributed by atoms with Crippen molar-refractivity contribution in [3.63, 3.8) is 0 Å². The zero-order valence-corrected chi connectivity index (χ0v) is 23.5. The van der Waals surface area contributed by atoms with Gasteiger partial charge in [-0.1, -0.05) is 66.7 Å². The van der Waals surface area contributed by atoms with E-state index in [0.717, 1.165) is 66.3 Å². The lowest BCUT2D eigenvalue weighted by atomic mass is 9.89. The Bertz CT molecular complexity index is 2220. The number of para-hydroxylation sites is 1. The number of methoxy groups -OCH3 is 1. The van der Waals surface area contributed by atoms with Crippen molar-refractivity contribution in [3.8, 4) is 11.8 Å². The van der Waals surface area contributed by atoms with Gasteiger partial charge in [0.2, 0.25) is 0 Å². The molecule has 7 rings (SSSR count). The number of hydrogen-bond acceptors (Lipinski definition) is 3. The van der Waals surface area contributed by atoms with E-state index >= 15 is 0 Å². The van der Waals surface area contributed by atoms with Crippen LogP contribution in [0.2, 0.25) is 0 Å². The molecule has 0 bridgehead atoms. The van der Waals surface area contributed by atoms with Crippen molar-refractivity contribution in [3.05, 3.63) is 149 Å². The van der Waals surface area contributed by atoms with Crippen LogP contribution in [-0.2, 0) is 0 Å². The van der Waals surface area contributed by atoms with Gasteiger partial charge in [0.25, 0.3) is 0 Å². The molecule has 0 fully saturated rings. The third-order valence-corrected chi connectivity index (χ3v) is 7.90. The normalized spacial score (nSPS) is 11.2. The van der Waals surface area contributed by atoms with E-state index in [1.54, 1.807) is 7.11 Å². The summed E-state index contributed by atoms with van der Waals surface area (Å²) >= 11 is 0. The molecule has 0 aliphatic carbocycles. The highest BCUT2D eigenvalue weighted by molar-refractivity contribution is 6.27. The van der Waals surface area contributed by atoms with Crippen molar-refractivity contribution in [2.24, 2.45) is 0 Å². The standard InChI is InChI=1S/C39H25N3O/c1-41-37-24-28-7-6-10-35-30(25-40)23-29-21-27(22-36(37)39(29)38(28)35)12-11-26-13-15-32(16-14-26)42(31-8-4-3-5-9-31)33-17-19-34(43-2)20-18-33/h3-24H,2H3. The number of anilines is 3. The summed E-state index contributed by atoms with van der Waals surface area (Å²) in [5.41, 5.74) is 6.45. The summed E-state index contributed by atoms with van der Waals surface area (Å²) in [6.45, 7) is 7.85. The van der Waals surface area contributed by atoms with Gasteiger partial charge in [-0.25, -0.2) is 4.85 Å². The monoisotopic (exact) mass is 551 g/mol. The van der Waals surface area contributed by atoms with Crippen molar-refractivity contribution >= 4 is 67.2 Å². The van der Waals surface area contributed by atoms with Gasteiger partial charge in [0, 0.05) is 22.4 Å². The lowest BCUT2D eigenvalue weighted by molar-refractivity contribution is 0.415. The molecule has 0 radical (unpaired) electrons. The van der Waals surface area contributed by atoms with E-state index in [4.69, 9.17) is 11.3 Å². The highest BCUT2D eigenvalue weighted by Crippen LogP contribution is 2.42. The fourth-order valence-corrected chi connectivity index (χ4v) is 5.90. The molecule has 202 valence electrons. The predicted octanol–water partition coefficient (Wildman–Crippen LogP) is 10.7. The second kappa shape index (κ2) is 10.7. The molecule has 43 heavy (non-hydrogen) atoms. The van der Waals surface area contributed by atoms with Gasteiger partial charge in [0.05, 0.1) is 25.3 Å². The molecule has 0 aromatic heterocycles. The van der Waals surface area contributed by atoms with Crippen molar-refractivity contribution in [2.45, 2.75) is 0 Å². The van der Waals surface area contributed by atoms with Gasteiger partial charge in [-0.15, -0.1) is 0 Å². The molecule has 0 N–H and O–H groups in total. The summed E-state index contributed by atoms with van der Waals surface area (Å²) in [7, 11) is 1.67. The first-order chi connectivity index (χ1) is 21.2. The molecule has 0 unspecified atom stereocenters. The second-order valence-electron chi connectivity index (χ2n) is 10.4. The number of ether oxygens (including phenoxy) is 1. The Morgan fingerprint density at radius 1 is 0.674 bits per heavy atom. The minimum absolute atomic E-state index is 0.619. The van der Waals surface area contributed by atoms with E-state index in [-0.39, 0.29) is 0 Å². The molecular formula is C39H25N3O. The van der Waals surface area contributed by atoms with Crippen molar-refractivity contribution < 1.29 is 4.74 Å². The molecular weight excluding hydrogens is 526 g/mol. The van der Waals surface area contributed by atoms with Crippen LogP contribution in [-0.4, -0.2) is 7.11 Å². The van der Waals surface area contributed by atoms with Crippen LogP contribution in [0.4, 0.5) is 22.7 Å². The lowest BCUT2D eigenvalue weighted by Crippen LogP contribution is -2.09. The molecule has 0 saturated heterocycles. The number of rotatable bonds is 6. The molecule has 0 amide bonds. The van der Waals surface area contributed by atoms with Crippen molar-refractivity contribution in [2.75, 3.05) is 12.0 Å². The molecule has 4 nitrogen and oxygen atoms in total. The molecule has 0 aliphatic heterocycles. The fraction of sp³-hybridized carbons (Fsp3) is 0.0256. The van der Waals surface area contributed by atoms with Crippen LogP contribution in [0.25, 0.3) is 49.3 Å². The van der Waals surface area contributed by atoms with Crippen LogP contribution in [0.1, 0.15) is 16.7 Å². The summed E-state index contributed by atoms with van der Waals surface area (Å²) < 4.78 is 5.37. The average Bonchev–Trinajstić information content (AvgIpc) is 3.07. The minimum Gasteiger partial charge on any atom is -0.497 e. The average molecular weight is 552 g/mol. The van der Waals surface area contributed by atoms with Crippen molar-refractivity contribution in [1.82, 2.24) is 0 Å². The first-order valence-electron chi connectivity index (χ1n) is 14.0. The Morgan fingerprint density at radius 2 is 1.35 bits per heavy atom. The second-order valence-corrected chi connectivity index (χ2v) is 10.4. The maximum atomic E-state index is 9.89. The number of hydrogen-bond donors (Lipinski definition) is 0. The summed E-state index contributed by atoms with van der Waals surface area (Å²) in [6, 6.07) is 43.2. The summed E-state index contributed by atoms with van der Waals surface area (Å²) in [5.74, 6) is 0.816. The first kappa shape index (κ1) is 25.8. The highest BCUT2D eigenvalue weighted by Gasteiger charge is 2.16. The van der Waals surface area contributed by atoms with Crippen LogP contribution in [0.3, 0.4) is 0 Å². The van der Waals surface area contributed by atoms with Gasteiger partial charge in [0.15, 0.2) is 5.69 Å². The maximum absolute atomic E-state index is 9.89. The Balaban J connectivity index is 1.27. The van der Waals surface area contributed by atoms with Crippen LogP contribution >= 0.6 is 0 Å².